The molecule has 8 aromatic rings. The Kier molecular flexibility index (Phi) is 6.44. The van der Waals surface area contributed by atoms with E-state index in [1.807, 2.05) is 97.1 Å². The third kappa shape index (κ3) is 4.91. The zero-order valence-corrected chi connectivity index (χ0v) is 24.1. The molecule has 0 fully saturated rings. The highest BCUT2D eigenvalue weighted by Crippen LogP contribution is 2.38. The molecule has 0 saturated heterocycles. The SMILES string of the molecule is N#Cc1ccc(-c2cccc(-c3nc(-c4ccccc4)nc(-c4ccc5c(c4)oc4cccc(-c6ccccc6)c45)n3)c2)cc1. The Bertz CT molecular complexity index is 2370. The minimum Gasteiger partial charge on any atom is -0.456 e. The van der Waals surface area contributed by atoms with Crippen LogP contribution in [-0.4, -0.2) is 15.0 Å². The number of nitrogens with zero attached hydrogens (tertiary/aromatic N) is 4. The van der Waals surface area contributed by atoms with Gasteiger partial charge in [0.2, 0.25) is 0 Å². The molecule has 0 atom stereocenters. The van der Waals surface area contributed by atoms with E-state index >= 15 is 0 Å². The molecule has 0 unspecified atom stereocenters. The topological polar surface area (TPSA) is 75.6 Å². The summed E-state index contributed by atoms with van der Waals surface area (Å²) in [6, 6.07) is 50.5. The van der Waals surface area contributed by atoms with Crippen molar-refractivity contribution in [1.82, 2.24) is 15.0 Å². The van der Waals surface area contributed by atoms with Gasteiger partial charge in [-0.1, -0.05) is 109 Å². The summed E-state index contributed by atoms with van der Waals surface area (Å²) < 4.78 is 6.40. The molecule has 0 spiro atoms. The van der Waals surface area contributed by atoms with Crippen LogP contribution in [-0.2, 0) is 0 Å². The average molecular weight is 577 g/mol. The lowest BCUT2D eigenvalue weighted by atomic mass is 9.99. The van der Waals surface area contributed by atoms with Crippen LogP contribution < -0.4 is 0 Å². The van der Waals surface area contributed by atoms with Gasteiger partial charge in [-0.2, -0.15) is 5.26 Å². The van der Waals surface area contributed by atoms with Crippen LogP contribution in [0.3, 0.4) is 0 Å². The van der Waals surface area contributed by atoms with E-state index in [1.54, 1.807) is 0 Å². The first-order valence-electron chi connectivity index (χ1n) is 14.7. The predicted octanol–water partition coefficient (Wildman–Crippen LogP) is 9.98. The molecule has 0 aliphatic rings. The van der Waals surface area contributed by atoms with Gasteiger partial charge in [-0.3, -0.25) is 0 Å². The molecule has 8 rings (SSSR count). The van der Waals surface area contributed by atoms with Crippen molar-refractivity contribution in [3.63, 3.8) is 0 Å². The van der Waals surface area contributed by atoms with Crippen LogP contribution in [0.2, 0.25) is 0 Å². The Labute approximate surface area is 259 Å². The maximum atomic E-state index is 9.21. The second kappa shape index (κ2) is 11.0. The van der Waals surface area contributed by atoms with Gasteiger partial charge in [-0.05, 0) is 58.7 Å². The van der Waals surface area contributed by atoms with Gasteiger partial charge < -0.3 is 4.42 Å². The van der Waals surface area contributed by atoms with Gasteiger partial charge >= 0.3 is 0 Å². The maximum absolute atomic E-state index is 9.21. The Morgan fingerprint density at radius 2 is 1.02 bits per heavy atom. The quantitative estimate of drug-likeness (QED) is 0.204. The largest absolute Gasteiger partial charge is 0.456 e. The van der Waals surface area contributed by atoms with Crippen molar-refractivity contribution in [2.75, 3.05) is 0 Å². The summed E-state index contributed by atoms with van der Waals surface area (Å²) in [6.45, 7) is 0. The summed E-state index contributed by atoms with van der Waals surface area (Å²) in [5.74, 6) is 1.73. The van der Waals surface area contributed by atoms with Gasteiger partial charge in [0.1, 0.15) is 11.2 Å². The van der Waals surface area contributed by atoms with E-state index in [0.717, 1.165) is 60.9 Å². The van der Waals surface area contributed by atoms with Crippen molar-refractivity contribution in [1.29, 1.82) is 5.26 Å². The lowest BCUT2D eigenvalue weighted by Gasteiger charge is -2.10. The molecule has 0 aliphatic carbocycles. The van der Waals surface area contributed by atoms with Crippen LogP contribution in [0.1, 0.15) is 5.56 Å². The Hall–Kier alpha value is -6.38. The van der Waals surface area contributed by atoms with Gasteiger partial charge in [-0.25, -0.2) is 15.0 Å². The van der Waals surface area contributed by atoms with Gasteiger partial charge in [0.05, 0.1) is 11.6 Å². The number of nitriles is 1. The monoisotopic (exact) mass is 576 g/mol. The molecule has 210 valence electrons. The van der Waals surface area contributed by atoms with E-state index in [4.69, 9.17) is 19.4 Å². The van der Waals surface area contributed by atoms with Crippen molar-refractivity contribution in [3.05, 3.63) is 151 Å². The lowest BCUT2D eigenvalue weighted by Crippen LogP contribution is -2.00. The highest BCUT2D eigenvalue weighted by atomic mass is 16.3. The molecule has 2 aromatic heterocycles. The van der Waals surface area contributed by atoms with E-state index in [2.05, 4.69) is 54.6 Å². The van der Waals surface area contributed by atoms with E-state index in [0.29, 0.717) is 23.0 Å². The second-order valence-corrected chi connectivity index (χ2v) is 10.8. The smallest absolute Gasteiger partial charge is 0.164 e. The highest BCUT2D eigenvalue weighted by molar-refractivity contribution is 6.12. The number of fused-ring (bicyclic) bond motifs is 3. The number of hydrogen-bond donors (Lipinski definition) is 0. The van der Waals surface area contributed by atoms with Crippen LogP contribution in [0.4, 0.5) is 0 Å². The zero-order valence-electron chi connectivity index (χ0n) is 24.1. The van der Waals surface area contributed by atoms with Crippen molar-refractivity contribution in [2.24, 2.45) is 0 Å². The van der Waals surface area contributed by atoms with Crippen LogP contribution in [0, 0.1) is 11.3 Å². The minimum absolute atomic E-state index is 0.563. The standard InChI is InChI=1S/C40H24N4O/c41-25-26-17-19-27(20-18-26)30-13-7-14-31(23-30)39-42-38(29-11-5-2-6-12-29)43-40(44-39)32-21-22-34-36(24-32)45-35-16-8-15-33(37(34)35)28-9-3-1-4-10-28/h1-24H. The molecule has 6 aromatic carbocycles. The molecule has 0 aliphatic heterocycles. The van der Waals surface area contributed by atoms with Crippen molar-refractivity contribution in [3.8, 4) is 62.5 Å². The molecule has 0 radical (unpaired) electrons. The average Bonchev–Trinajstić information content (AvgIpc) is 3.50. The van der Waals surface area contributed by atoms with Crippen molar-refractivity contribution in [2.45, 2.75) is 0 Å². The number of furan rings is 1. The molecule has 5 nitrogen and oxygen atoms in total. The number of benzene rings is 6. The minimum atomic E-state index is 0.563. The molecule has 0 N–H and O–H groups in total. The Balaban J connectivity index is 1.27. The summed E-state index contributed by atoms with van der Waals surface area (Å²) in [6.07, 6.45) is 0. The first kappa shape index (κ1) is 26.3. The lowest BCUT2D eigenvalue weighted by molar-refractivity contribution is 0.669. The van der Waals surface area contributed by atoms with E-state index in [9.17, 15) is 5.26 Å². The van der Waals surface area contributed by atoms with Crippen LogP contribution >= 0.6 is 0 Å². The molecule has 2 heterocycles. The zero-order chi connectivity index (χ0) is 30.2. The third-order valence-electron chi connectivity index (χ3n) is 7.98. The Morgan fingerprint density at radius 1 is 0.444 bits per heavy atom. The van der Waals surface area contributed by atoms with Crippen LogP contribution in [0.5, 0.6) is 0 Å². The van der Waals surface area contributed by atoms with Gasteiger partial charge in [0.25, 0.3) is 0 Å². The van der Waals surface area contributed by atoms with E-state index < -0.39 is 0 Å². The summed E-state index contributed by atoms with van der Waals surface area (Å²) in [4.78, 5) is 14.8. The summed E-state index contributed by atoms with van der Waals surface area (Å²) >= 11 is 0. The molecule has 0 amide bonds. The van der Waals surface area contributed by atoms with Gasteiger partial charge in [0.15, 0.2) is 17.5 Å². The molecular formula is C40H24N4O. The first-order valence-corrected chi connectivity index (χ1v) is 14.7. The summed E-state index contributed by atoms with van der Waals surface area (Å²) in [5.41, 5.74) is 9.16. The Morgan fingerprint density at radius 3 is 1.73 bits per heavy atom. The molecule has 5 heteroatoms. The maximum Gasteiger partial charge on any atom is 0.164 e. The van der Waals surface area contributed by atoms with Crippen LogP contribution in [0.15, 0.2) is 150 Å². The van der Waals surface area contributed by atoms with Gasteiger partial charge in [-0.15, -0.1) is 0 Å². The van der Waals surface area contributed by atoms with E-state index in [1.165, 1.54) is 0 Å². The normalized spacial score (nSPS) is 11.1. The molecule has 0 saturated carbocycles. The van der Waals surface area contributed by atoms with Gasteiger partial charge in [0, 0.05) is 27.5 Å². The first-order chi connectivity index (χ1) is 22.2. The predicted molar refractivity (Wildman–Crippen MR) is 179 cm³/mol. The molecular weight excluding hydrogens is 552 g/mol. The summed E-state index contributed by atoms with van der Waals surface area (Å²) in [7, 11) is 0. The van der Waals surface area contributed by atoms with Crippen molar-refractivity contribution < 1.29 is 4.42 Å². The fourth-order valence-electron chi connectivity index (χ4n) is 5.75. The van der Waals surface area contributed by atoms with Crippen LogP contribution in [0.25, 0.3) is 78.4 Å². The highest BCUT2D eigenvalue weighted by Gasteiger charge is 2.17. The third-order valence-corrected chi connectivity index (χ3v) is 7.98. The summed E-state index contributed by atoms with van der Waals surface area (Å²) in [5, 5.41) is 11.3. The number of hydrogen-bond acceptors (Lipinski definition) is 5. The number of rotatable bonds is 5. The fourth-order valence-corrected chi connectivity index (χ4v) is 5.75. The van der Waals surface area contributed by atoms with E-state index in [-0.39, 0.29) is 0 Å². The molecule has 0 bridgehead atoms. The molecule has 45 heavy (non-hydrogen) atoms. The van der Waals surface area contributed by atoms with Crippen molar-refractivity contribution >= 4 is 21.9 Å². The second-order valence-electron chi connectivity index (χ2n) is 10.8. The fraction of sp³-hybridized carbons (Fsp3) is 0. The number of aromatic nitrogens is 3.